The van der Waals surface area contributed by atoms with Gasteiger partial charge >= 0.3 is 0 Å². The molecule has 3 aromatic rings. The number of hydrogen-bond donors (Lipinski definition) is 2. The van der Waals surface area contributed by atoms with Crippen LogP contribution in [0.5, 0.6) is 11.5 Å². The molecule has 1 aliphatic rings. The van der Waals surface area contributed by atoms with E-state index in [1.807, 2.05) is 36.4 Å². The van der Waals surface area contributed by atoms with Crippen LogP contribution >= 0.6 is 0 Å². The monoisotopic (exact) mass is 412 g/mol. The number of fused-ring (bicyclic) bond motifs is 1. The van der Waals surface area contributed by atoms with Crippen LogP contribution in [0.4, 0.5) is 11.4 Å². The highest BCUT2D eigenvalue weighted by Gasteiger charge is 2.37. The largest absolute Gasteiger partial charge is 0.507 e. The predicted octanol–water partition coefficient (Wildman–Crippen LogP) is 4.27. The number of ether oxygens (including phenoxy) is 1. The van der Waals surface area contributed by atoms with E-state index >= 15 is 0 Å². The van der Waals surface area contributed by atoms with Crippen LogP contribution in [0, 0.1) is 21.4 Å². The first-order chi connectivity index (χ1) is 15.0. The van der Waals surface area contributed by atoms with E-state index in [-0.39, 0.29) is 39.8 Å². The topological polar surface area (TPSA) is 135 Å². The number of aliphatic imine (C=N–C) groups is 1. The number of para-hydroxylation sites is 2. The molecule has 0 saturated carbocycles. The van der Waals surface area contributed by atoms with Crippen molar-refractivity contribution in [3.8, 4) is 17.6 Å². The van der Waals surface area contributed by atoms with Crippen LogP contribution in [-0.4, -0.2) is 16.2 Å². The maximum atomic E-state index is 11.6. The Bertz CT molecular complexity index is 1280. The lowest BCUT2D eigenvalue weighted by Crippen LogP contribution is -2.22. The van der Waals surface area contributed by atoms with Crippen molar-refractivity contribution in [2.75, 3.05) is 0 Å². The Balaban J connectivity index is 1.93. The van der Waals surface area contributed by atoms with Gasteiger partial charge in [0.1, 0.15) is 23.1 Å². The Hall–Kier alpha value is -4.64. The number of nitro benzene ring substituents is 1. The first-order valence-electron chi connectivity index (χ1n) is 9.27. The second kappa shape index (κ2) is 8.00. The highest BCUT2D eigenvalue weighted by atomic mass is 16.6. The van der Waals surface area contributed by atoms with Gasteiger partial charge in [-0.05, 0) is 24.3 Å². The molecule has 0 amide bonds. The van der Waals surface area contributed by atoms with Crippen molar-refractivity contribution >= 4 is 17.6 Å². The van der Waals surface area contributed by atoms with Crippen LogP contribution in [0.2, 0.25) is 0 Å². The molecule has 3 aromatic carbocycles. The summed E-state index contributed by atoms with van der Waals surface area (Å²) in [7, 11) is 0. The second-order valence-corrected chi connectivity index (χ2v) is 6.75. The lowest BCUT2D eigenvalue weighted by Gasteiger charge is -2.27. The number of rotatable bonds is 4. The lowest BCUT2D eigenvalue weighted by molar-refractivity contribution is -0.385. The molecule has 1 aliphatic heterocycles. The van der Waals surface area contributed by atoms with E-state index in [1.165, 1.54) is 24.3 Å². The van der Waals surface area contributed by atoms with Gasteiger partial charge in [0.15, 0.2) is 0 Å². The second-order valence-electron chi connectivity index (χ2n) is 6.75. The van der Waals surface area contributed by atoms with Gasteiger partial charge in [-0.1, -0.05) is 36.4 Å². The molecule has 0 bridgehead atoms. The number of phenolic OH excluding ortho intramolecular Hbond substituents is 1. The Morgan fingerprint density at radius 3 is 2.55 bits per heavy atom. The lowest BCUT2D eigenvalue weighted by atomic mass is 9.81. The fraction of sp³-hybridized carbons (Fsp3) is 0.0435. The molecular weight excluding hydrogens is 396 g/mol. The molecule has 1 atom stereocenters. The number of nitriles is 1. The van der Waals surface area contributed by atoms with Gasteiger partial charge in [-0.25, -0.2) is 0 Å². The molecule has 0 saturated heterocycles. The van der Waals surface area contributed by atoms with Crippen molar-refractivity contribution in [3.05, 3.63) is 105 Å². The number of hydrogen-bond acceptors (Lipinski definition) is 7. The van der Waals surface area contributed by atoms with Crippen LogP contribution in [0.3, 0.4) is 0 Å². The summed E-state index contributed by atoms with van der Waals surface area (Å²) in [6, 6.07) is 20.3. The van der Waals surface area contributed by atoms with Crippen LogP contribution in [0.25, 0.3) is 0 Å². The zero-order valence-electron chi connectivity index (χ0n) is 16.1. The molecular formula is C23H16N4O4. The molecule has 152 valence electrons. The maximum absolute atomic E-state index is 11.6. The smallest absolute Gasteiger partial charge is 0.273 e. The van der Waals surface area contributed by atoms with Gasteiger partial charge in [-0.15, -0.1) is 0 Å². The van der Waals surface area contributed by atoms with E-state index in [9.17, 15) is 20.5 Å². The molecule has 1 heterocycles. The summed E-state index contributed by atoms with van der Waals surface area (Å²) in [5, 5.41) is 32.0. The molecule has 0 aromatic heterocycles. The quantitative estimate of drug-likeness (QED) is 0.373. The number of nitrogens with zero attached hydrogens (tertiary/aromatic N) is 3. The van der Waals surface area contributed by atoms with E-state index in [2.05, 4.69) is 4.99 Å². The van der Waals surface area contributed by atoms with E-state index < -0.39 is 10.8 Å². The van der Waals surface area contributed by atoms with Crippen LogP contribution < -0.4 is 10.5 Å². The number of phenols is 1. The van der Waals surface area contributed by atoms with Gasteiger partial charge in [0.2, 0.25) is 5.88 Å². The molecule has 4 rings (SSSR count). The van der Waals surface area contributed by atoms with E-state index in [4.69, 9.17) is 10.5 Å². The number of benzene rings is 3. The van der Waals surface area contributed by atoms with Gasteiger partial charge in [0.25, 0.3) is 5.69 Å². The summed E-state index contributed by atoms with van der Waals surface area (Å²) in [4.78, 5) is 15.5. The summed E-state index contributed by atoms with van der Waals surface area (Å²) in [6.07, 6.45) is 1.55. The van der Waals surface area contributed by atoms with E-state index in [0.717, 1.165) is 0 Å². The van der Waals surface area contributed by atoms with Crippen molar-refractivity contribution in [2.45, 2.75) is 5.92 Å². The first-order valence-corrected chi connectivity index (χ1v) is 9.27. The van der Waals surface area contributed by atoms with Crippen molar-refractivity contribution in [1.29, 1.82) is 5.26 Å². The summed E-state index contributed by atoms with van der Waals surface area (Å²) in [5.74, 6) is -1.13. The number of nitro groups is 1. The molecule has 8 nitrogen and oxygen atoms in total. The molecule has 0 aliphatic carbocycles. The minimum atomic E-state index is -0.972. The highest BCUT2D eigenvalue weighted by Crippen LogP contribution is 2.49. The fourth-order valence-electron chi connectivity index (χ4n) is 3.54. The average molecular weight is 412 g/mol. The fourth-order valence-corrected chi connectivity index (χ4v) is 3.54. The Morgan fingerprint density at radius 1 is 1.13 bits per heavy atom. The van der Waals surface area contributed by atoms with Crippen molar-refractivity contribution in [3.63, 3.8) is 0 Å². The van der Waals surface area contributed by atoms with E-state index in [0.29, 0.717) is 11.3 Å². The molecule has 0 fully saturated rings. The zero-order valence-corrected chi connectivity index (χ0v) is 16.1. The third kappa shape index (κ3) is 3.56. The molecule has 0 spiro atoms. The number of nitrogens with two attached hydrogens (primary N) is 1. The minimum absolute atomic E-state index is 0.0192. The molecule has 3 N–H and O–H groups in total. The number of aromatic hydroxyl groups is 1. The zero-order chi connectivity index (χ0) is 22.0. The highest BCUT2D eigenvalue weighted by molar-refractivity contribution is 5.88. The van der Waals surface area contributed by atoms with Gasteiger partial charge in [-0.3, -0.25) is 15.1 Å². The minimum Gasteiger partial charge on any atom is -0.507 e. The average Bonchev–Trinajstić information content (AvgIpc) is 2.78. The van der Waals surface area contributed by atoms with Crippen molar-refractivity contribution in [1.82, 2.24) is 0 Å². The summed E-state index contributed by atoms with van der Waals surface area (Å²) >= 11 is 0. The van der Waals surface area contributed by atoms with E-state index in [1.54, 1.807) is 18.3 Å². The predicted molar refractivity (Wildman–Crippen MR) is 114 cm³/mol. The SMILES string of the molecule is N#CC1=C(N)Oc2c(C=Nc3ccccc3)ccc(O)c2[C@@H]1c1ccccc1[N+](=O)[O-]. The summed E-state index contributed by atoms with van der Waals surface area (Å²) in [5.41, 5.74) is 7.46. The standard InChI is InChI=1S/C23H16N4O4/c24-12-17-20(16-8-4-5-9-18(16)27(29)30)21-19(28)11-10-14(22(21)31-23(17)25)13-26-15-6-2-1-3-7-15/h1-11,13,20,28H,25H2/t20-/m1/s1. The van der Waals surface area contributed by atoms with Crippen LogP contribution in [-0.2, 0) is 0 Å². The van der Waals surface area contributed by atoms with Crippen molar-refractivity contribution in [2.24, 2.45) is 10.7 Å². The number of allylic oxidation sites excluding steroid dienone is 1. The Morgan fingerprint density at radius 2 is 1.84 bits per heavy atom. The summed E-state index contributed by atoms with van der Waals surface area (Å²) < 4.78 is 5.70. The van der Waals surface area contributed by atoms with Gasteiger partial charge < -0.3 is 15.6 Å². The first kappa shape index (κ1) is 19.7. The van der Waals surface area contributed by atoms with Gasteiger partial charge in [0, 0.05) is 23.4 Å². The Kier molecular flexibility index (Phi) is 5.08. The van der Waals surface area contributed by atoms with Gasteiger partial charge in [0.05, 0.1) is 22.1 Å². The van der Waals surface area contributed by atoms with Crippen LogP contribution in [0.15, 0.2) is 83.2 Å². The molecule has 0 unspecified atom stereocenters. The normalized spacial score (nSPS) is 15.3. The third-order valence-electron chi connectivity index (χ3n) is 4.93. The van der Waals surface area contributed by atoms with Crippen LogP contribution in [0.1, 0.15) is 22.6 Å². The van der Waals surface area contributed by atoms with Gasteiger partial charge in [-0.2, -0.15) is 5.26 Å². The van der Waals surface area contributed by atoms with Crippen molar-refractivity contribution < 1.29 is 14.8 Å². The molecule has 8 heteroatoms. The molecule has 0 radical (unpaired) electrons. The molecule has 31 heavy (non-hydrogen) atoms. The third-order valence-corrected chi connectivity index (χ3v) is 4.93. The Labute approximate surface area is 177 Å². The summed E-state index contributed by atoms with van der Waals surface area (Å²) in [6.45, 7) is 0. The maximum Gasteiger partial charge on any atom is 0.273 e.